The van der Waals surface area contributed by atoms with Crippen LogP contribution in [0.4, 0.5) is 0 Å². The maximum absolute atomic E-state index is 11.3. The fourth-order valence-corrected chi connectivity index (χ4v) is 4.64. The van der Waals surface area contributed by atoms with E-state index in [1.165, 1.54) is 6.21 Å². The number of sulfonamides is 1. The molecule has 0 aliphatic carbocycles. The quantitative estimate of drug-likeness (QED) is 0.527. The number of hydrogen-bond acceptors (Lipinski definition) is 2. The first kappa shape index (κ1) is 12.8. The predicted octanol–water partition coefficient (Wildman–Crippen LogP) is 2.14. The van der Waals surface area contributed by atoms with Gasteiger partial charge in [0.1, 0.15) is 0 Å². The Kier molecular flexibility index (Phi) is 4.84. The molecule has 3 nitrogen and oxygen atoms in total. The molecule has 78 valence electrons. The van der Waals surface area contributed by atoms with Gasteiger partial charge in [0.2, 0.25) is 0 Å². The Labute approximate surface area is 82.3 Å². The Bertz CT molecular complexity index is 264. The molecule has 0 aliphatic rings. The second kappa shape index (κ2) is 4.90. The molecule has 0 radical (unpaired) electrons. The van der Waals surface area contributed by atoms with Crippen molar-refractivity contribution >= 4 is 24.3 Å². The fraction of sp³-hybridized carbons (Fsp3) is 0.875. The summed E-state index contributed by atoms with van der Waals surface area (Å²) in [6.07, 6.45) is 2.13. The van der Waals surface area contributed by atoms with Gasteiger partial charge in [-0.15, -0.1) is 0 Å². The zero-order valence-electron chi connectivity index (χ0n) is 8.87. The van der Waals surface area contributed by atoms with Crippen molar-refractivity contribution in [1.82, 2.24) is 0 Å². The van der Waals surface area contributed by atoms with E-state index in [9.17, 15) is 8.42 Å². The van der Waals surface area contributed by atoms with Crippen molar-refractivity contribution in [3.63, 3.8) is 0 Å². The number of hydrogen-bond donors (Lipinski definition) is 0. The average Bonchev–Trinajstić information content (AvgIpc) is 1.97. The van der Waals surface area contributed by atoms with Gasteiger partial charge in [-0.05, 0) is 12.5 Å². The molecule has 13 heavy (non-hydrogen) atoms. The number of rotatable bonds is 5. The minimum absolute atomic E-state index is 0.208. The smallest absolute Gasteiger partial charge is 0.205 e. The van der Waals surface area contributed by atoms with Crippen LogP contribution in [0.1, 0.15) is 13.3 Å². The molecule has 0 saturated heterocycles. The van der Waals surface area contributed by atoms with E-state index in [1.54, 1.807) is 0 Å². The number of nitrogens with zero attached hydrogens (tertiary/aromatic N) is 1. The second-order valence-electron chi connectivity index (χ2n) is 4.29. The molecule has 0 aliphatic heterocycles. The van der Waals surface area contributed by atoms with Gasteiger partial charge in [-0.1, -0.05) is 26.6 Å². The zero-order chi connectivity index (χ0) is 10.5. The average molecular weight is 221 g/mol. The van der Waals surface area contributed by atoms with E-state index in [2.05, 4.69) is 24.0 Å². The van der Waals surface area contributed by atoms with E-state index in [0.717, 1.165) is 6.04 Å². The van der Waals surface area contributed by atoms with Crippen molar-refractivity contribution in [2.24, 2.45) is 4.40 Å². The highest BCUT2D eigenvalue weighted by molar-refractivity contribution is 7.90. The summed E-state index contributed by atoms with van der Waals surface area (Å²) in [5, 5.41) is 0. The fourth-order valence-electron chi connectivity index (χ4n) is 0.676. The monoisotopic (exact) mass is 221 g/mol. The molecule has 5 heteroatoms. The standard InChI is InChI=1S/C8H19NO2SSi/c1-5-6-9-12(10,11)7-8-13(2,3)4/h6H,5,7-8H2,1-4H3/b9-6-. The van der Waals surface area contributed by atoms with E-state index in [1.807, 2.05) is 6.92 Å². The summed E-state index contributed by atoms with van der Waals surface area (Å²) in [6, 6.07) is 0.788. The Morgan fingerprint density at radius 3 is 2.23 bits per heavy atom. The van der Waals surface area contributed by atoms with Crippen molar-refractivity contribution < 1.29 is 8.42 Å². The molecule has 0 aromatic heterocycles. The van der Waals surface area contributed by atoms with Crippen LogP contribution in [0.2, 0.25) is 25.7 Å². The van der Waals surface area contributed by atoms with Gasteiger partial charge in [0, 0.05) is 14.3 Å². The first-order valence-corrected chi connectivity index (χ1v) is 9.85. The summed E-state index contributed by atoms with van der Waals surface area (Å²) >= 11 is 0. The van der Waals surface area contributed by atoms with E-state index in [-0.39, 0.29) is 5.75 Å². The predicted molar refractivity (Wildman–Crippen MR) is 60.7 cm³/mol. The minimum atomic E-state index is -3.17. The largest absolute Gasteiger partial charge is 0.252 e. The molecule has 0 atom stereocenters. The van der Waals surface area contributed by atoms with Gasteiger partial charge in [0.25, 0.3) is 10.0 Å². The van der Waals surface area contributed by atoms with Crippen molar-refractivity contribution in [2.45, 2.75) is 39.0 Å². The summed E-state index contributed by atoms with van der Waals surface area (Å²) in [5.41, 5.74) is 0. The summed E-state index contributed by atoms with van der Waals surface area (Å²) in [4.78, 5) is 0. The van der Waals surface area contributed by atoms with Crippen LogP contribution in [0, 0.1) is 0 Å². The third kappa shape index (κ3) is 8.17. The Morgan fingerprint density at radius 2 is 1.85 bits per heavy atom. The van der Waals surface area contributed by atoms with Crippen LogP contribution in [-0.4, -0.2) is 28.5 Å². The summed E-state index contributed by atoms with van der Waals surface area (Å²) in [7, 11) is -4.43. The molecule has 0 bridgehead atoms. The molecule has 0 spiro atoms. The van der Waals surface area contributed by atoms with Crippen molar-refractivity contribution in [1.29, 1.82) is 0 Å². The highest BCUT2D eigenvalue weighted by Crippen LogP contribution is 2.10. The van der Waals surface area contributed by atoms with E-state index in [0.29, 0.717) is 6.42 Å². The van der Waals surface area contributed by atoms with Crippen LogP contribution in [0.25, 0.3) is 0 Å². The maximum atomic E-state index is 11.3. The first-order chi connectivity index (χ1) is 5.77. The van der Waals surface area contributed by atoms with Crippen LogP contribution >= 0.6 is 0 Å². The molecular weight excluding hydrogens is 202 g/mol. The minimum Gasteiger partial charge on any atom is -0.205 e. The van der Waals surface area contributed by atoms with Crippen LogP contribution in [0.15, 0.2) is 4.40 Å². The first-order valence-electron chi connectivity index (χ1n) is 4.53. The molecule has 0 aromatic rings. The highest BCUT2D eigenvalue weighted by Gasteiger charge is 2.17. The SMILES string of the molecule is CC/C=N\S(=O)(=O)CC[Si](C)(C)C. The Balaban J connectivity index is 4.13. The Hall–Kier alpha value is -0.163. The van der Waals surface area contributed by atoms with Gasteiger partial charge < -0.3 is 0 Å². The van der Waals surface area contributed by atoms with E-state index in [4.69, 9.17) is 0 Å². The molecule has 0 aromatic carbocycles. The van der Waals surface area contributed by atoms with Crippen LogP contribution < -0.4 is 0 Å². The van der Waals surface area contributed by atoms with E-state index < -0.39 is 18.1 Å². The summed E-state index contributed by atoms with van der Waals surface area (Å²) in [5.74, 6) is 0.208. The lowest BCUT2D eigenvalue weighted by Crippen LogP contribution is -2.23. The van der Waals surface area contributed by atoms with Gasteiger partial charge in [-0.3, -0.25) is 0 Å². The zero-order valence-corrected chi connectivity index (χ0v) is 10.7. The molecule has 0 saturated carbocycles. The van der Waals surface area contributed by atoms with Crippen LogP contribution in [0.5, 0.6) is 0 Å². The summed E-state index contributed by atoms with van der Waals surface area (Å²) < 4.78 is 26.1. The lowest BCUT2D eigenvalue weighted by Gasteiger charge is -2.13. The van der Waals surface area contributed by atoms with Crippen molar-refractivity contribution in [3.8, 4) is 0 Å². The normalized spacial score (nSPS) is 13.8. The molecule has 0 heterocycles. The molecule has 0 amide bonds. The van der Waals surface area contributed by atoms with Gasteiger partial charge in [-0.2, -0.15) is 4.40 Å². The van der Waals surface area contributed by atoms with Crippen molar-refractivity contribution in [2.75, 3.05) is 5.75 Å². The van der Waals surface area contributed by atoms with E-state index >= 15 is 0 Å². The van der Waals surface area contributed by atoms with Crippen molar-refractivity contribution in [3.05, 3.63) is 0 Å². The summed E-state index contributed by atoms with van der Waals surface area (Å²) in [6.45, 7) is 8.35. The topological polar surface area (TPSA) is 46.5 Å². The molecule has 0 fully saturated rings. The maximum Gasteiger partial charge on any atom is 0.252 e. The van der Waals surface area contributed by atoms with Crippen LogP contribution in [-0.2, 0) is 10.0 Å². The lowest BCUT2D eigenvalue weighted by atomic mass is 10.6. The molecule has 0 unspecified atom stereocenters. The lowest BCUT2D eigenvalue weighted by molar-refractivity contribution is 0.599. The second-order valence-corrected chi connectivity index (χ2v) is 11.7. The third-order valence-corrected chi connectivity index (χ3v) is 4.83. The highest BCUT2D eigenvalue weighted by atomic mass is 32.2. The third-order valence-electron chi connectivity index (χ3n) is 1.53. The molecule has 0 N–H and O–H groups in total. The Morgan fingerprint density at radius 1 is 1.31 bits per heavy atom. The molecular formula is C8H19NO2SSi. The van der Waals surface area contributed by atoms with Gasteiger partial charge in [-0.25, -0.2) is 8.42 Å². The van der Waals surface area contributed by atoms with Crippen LogP contribution in [0.3, 0.4) is 0 Å². The van der Waals surface area contributed by atoms with Gasteiger partial charge in [0.05, 0.1) is 5.75 Å². The molecule has 0 rings (SSSR count). The van der Waals surface area contributed by atoms with Gasteiger partial charge >= 0.3 is 0 Å². The van der Waals surface area contributed by atoms with Gasteiger partial charge in [0.15, 0.2) is 0 Å².